The average molecular weight is 363 g/mol. The van der Waals surface area contributed by atoms with Crippen molar-refractivity contribution in [2.45, 2.75) is 25.8 Å². The lowest BCUT2D eigenvalue weighted by Gasteiger charge is -2.20. The van der Waals surface area contributed by atoms with E-state index in [-0.39, 0.29) is 12.3 Å². The van der Waals surface area contributed by atoms with Crippen LogP contribution < -0.4 is 4.74 Å². The SMILES string of the molecule is COc1ccc2c(c1)CCCN(C(=O)Cc1nnc(-c3ccccc3)o1)C2. The van der Waals surface area contributed by atoms with E-state index >= 15 is 0 Å². The van der Waals surface area contributed by atoms with E-state index in [1.165, 1.54) is 5.56 Å². The molecule has 0 spiro atoms. The standard InChI is InChI=1S/C21H21N3O3/c1-26-18-10-9-17-14-24(11-5-8-16(17)12-18)20(25)13-19-22-23-21(27-19)15-6-3-2-4-7-15/h2-4,6-7,9-10,12H,5,8,11,13-14H2,1H3. The number of ether oxygens (including phenoxy) is 1. The van der Waals surface area contributed by atoms with E-state index in [0.29, 0.717) is 18.3 Å². The monoisotopic (exact) mass is 363 g/mol. The molecule has 0 unspecified atom stereocenters. The molecule has 27 heavy (non-hydrogen) atoms. The molecule has 1 aliphatic rings. The third kappa shape index (κ3) is 3.84. The second kappa shape index (κ2) is 7.61. The van der Waals surface area contributed by atoms with E-state index in [1.807, 2.05) is 47.4 Å². The highest BCUT2D eigenvalue weighted by atomic mass is 16.5. The molecule has 0 bridgehead atoms. The Labute approximate surface area is 157 Å². The number of methoxy groups -OCH3 is 1. The smallest absolute Gasteiger partial charge is 0.247 e. The molecule has 0 aliphatic carbocycles. The van der Waals surface area contributed by atoms with Gasteiger partial charge in [0.2, 0.25) is 17.7 Å². The minimum Gasteiger partial charge on any atom is -0.497 e. The van der Waals surface area contributed by atoms with Crippen molar-refractivity contribution in [1.82, 2.24) is 15.1 Å². The number of aryl methyl sites for hydroxylation is 1. The number of amides is 1. The normalized spacial score (nSPS) is 13.7. The van der Waals surface area contributed by atoms with Crippen molar-refractivity contribution < 1.29 is 13.9 Å². The van der Waals surface area contributed by atoms with Crippen LogP contribution in [0.4, 0.5) is 0 Å². The first-order valence-corrected chi connectivity index (χ1v) is 9.04. The van der Waals surface area contributed by atoms with Gasteiger partial charge in [0.05, 0.1) is 7.11 Å². The van der Waals surface area contributed by atoms with E-state index in [2.05, 4.69) is 16.3 Å². The number of hydrogen-bond donors (Lipinski definition) is 0. The quantitative estimate of drug-likeness (QED) is 0.712. The van der Waals surface area contributed by atoms with E-state index in [1.54, 1.807) is 7.11 Å². The van der Waals surface area contributed by atoms with Crippen LogP contribution >= 0.6 is 0 Å². The summed E-state index contributed by atoms with van der Waals surface area (Å²) in [5, 5.41) is 8.09. The zero-order chi connectivity index (χ0) is 18.6. The van der Waals surface area contributed by atoms with Crippen molar-refractivity contribution in [2.75, 3.05) is 13.7 Å². The number of carbonyl (C=O) groups excluding carboxylic acids is 1. The largest absolute Gasteiger partial charge is 0.497 e. The Morgan fingerprint density at radius 2 is 2.00 bits per heavy atom. The van der Waals surface area contributed by atoms with Gasteiger partial charge in [-0.25, -0.2) is 0 Å². The summed E-state index contributed by atoms with van der Waals surface area (Å²) in [6, 6.07) is 15.6. The first kappa shape index (κ1) is 17.3. The van der Waals surface area contributed by atoms with Crippen molar-refractivity contribution in [1.29, 1.82) is 0 Å². The van der Waals surface area contributed by atoms with Crippen molar-refractivity contribution in [2.24, 2.45) is 0 Å². The van der Waals surface area contributed by atoms with E-state index in [4.69, 9.17) is 9.15 Å². The van der Waals surface area contributed by atoms with Gasteiger partial charge in [-0.3, -0.25) is 4.79 Å². The summed E-state index contributed by atoms with van der Waals surface area (Å²) in [5.74, 6) is 1.64. The zero-order valence-corrected chi connectivity index (χ0v) is 15.2. The molecule has 0 saturated carbocycles. The maximum Gasteiger partial charge on any atom is 0.247 e. The molecule has 4 rings (SSSR count). The van der Waals surface area contributed by atoms with E-state index in [0.717, 1.165) is 36.3 Å². The molecule has 0 N–H and O–H groups in total. The van der Waals surface area contributed by atoms with Crippen LogP contribution in [-0.4, -0.2) is 34.7 Å². The molecule has 0 saturated heterocycles. The lowest BCUT2D eigenvalue weighted by molar-refractivity contribution is -0.131. The topological polar surface area (TPSA) is 68.5 Å². The van der Waals surface area contributed by atoms with Gasteiger partial charge in [0.1, 0.15) is 12.2 Å². The molecule has 0 fully saturated rings. The summed E-state index contributed by atoms with van der Waals surface area (Å²) in [4.78, 5) is 14.6. The summed E-state index contributed by atoms with van der Waals surface area (Å²) in [5.41, 5.74) is 3.26. The minimum atomic E-state index is 0.00179. The Morgan fingerprint density at radius 3 is 2.81 bits per heavy atom. The number of aromatic nitrogens is 2. The Balaban J connectivity index is 1.46. The second-order valence-corrected chi connectivity index (χ2v) is 6.60. The van der Waals surface area contributed by atoms with Gasteiger partial charge in [0.25, 0.3) is 0 Å². The fraction of sp³-hybridized carbons (Fsp3) is 0.286. The van der Waals surface area contributed by atoms with Crippen molar-refractivity contribution >= 4 is 5.91 Å². The van der Waals surface area contributed by atoms with Crippen molar-refractivity contribution in [3.05, 3.63) is 65.5 Å². The Kier molecular flexibility index (Phi) is 4.87. The van der Waals surface area contributed by atoms with E-state index < -0.39 is 0 Å². The molecule has 3 aromatic rings. The van der Waals surface area contributed by atoms with Gasteiger partial charge in [0, 0.05) is 18.7 Å². The number of fused-ring (bicyclic) bond motifs is 1. The van der Waals surface area contributed by atoms with Crippen LogP contribution in [-0.2, 0) is 24.2 Å². The van der Waals surface area contributed by atoms with E-state index in [9.17, 15) is 4.79 Å². The van der Waals surface area contributed by atoms with Crippen LogP contribution in [0.3, 0.4) is 0 Å². The molecule has 6 nitrogen and oxygen atoms in total. The second-order valence-electron chi connectivity index (χ2n) is 6.60. The van der Waals surface area contributed by atoms with Gasteiger partial charge in [-0.15, -0.1) is 10.2 Å². The minimum absolute atomic E-state index is 0.00179. The molecule has 6 heteroatoms. The fourth-order valence-electron chi connectivity index (χ4n) is 3.34. The predicted octanol–water partition coefficient (Wildman–Crippen LogP) is 3.26. The van der Waals surface area contributed by atoms with Crippen molar-refractivity contribution in [3.8, 4) is 17.2 Å². The average Bonchev–Trinajstić information content (AvgIpc) is 3.06. The molecule has 1 amide bonds. The van der Waals surface area contributed by atoms with Gasteiger partial charge in [-0.1, -0.05) is 24.3 Å². The molecule has 0 atom stereocenters. The third-order valence-corrected chi connectivity index (χ3v) is 4.79. The summed E-state index contributed by atoms with van der Waals surface area (Å²) in [7, 11) is 1.67. The highest BCUT2D eigenvalue weighted by Gasteiger charge is 2.21. The lowest BCUT2D eigenvalue weighted by Crippen LogP contribution is -2.32. The molecular formula is C21H21N3O3. The first-order chi connectivity index (χ1) is 13.2. The highest BCUT2D eigenvalue weighted by molar-refractivity contribution is 5.78. The van der Waals surface area contributed by atoms with Crippen LogP contribution in [0, 0.1) is 0 Å². The van der Waals surface area contributed by atoms with Crippen LogP contribution in [0.5, 0.6) is 5.75 Å². The molecular weight excluding hydrogens is 342 g/mol. The van der Waals surface area contributed by atoms with Gasteiger partial charge in [-0.05, 0) is 48.2 Å². The fourth-order valence-corrected chi connectivity index (χ4v) is 3.34. The number of nitrogens with zero attached hydrogens (tertiary/aromatic N) is 3. The number of carbonyl (C=O) groups is 1. The third-order valence-electron chi connectivity index (χ3n) is 4.79. The molecule has 0 radical (unpaired) electrons. The van der Waals surface area contributed by atoms with Crippen LogP contribution in [0.2, 0.25) is 0 Å². The molecule has 1 aliphatic heterocycles. The van der Waals surface area contributed by atoms with Crippen LogP contribution in [0.1, 0.15) is 23.4 Å². The highest BCUT2D eigenvalue weighted by Crippen LogP contribution is 2.24. The maximum atomic E-state index is 12.8. The molecule has 2 heterocycles. The molecule has 2 aromatic carbocycles. The van der Waals surface area contributed by atoms with Gasteiger partial charge < -0.3 is 14.1 Å². The summed E-state index contributed by atoms with van der Waals surface area (Å²) in [6.45, 7) is 1.31. The van der Waals surface area contributed by atoms with Crippen LogP contribution in [0.25, 0.3) is 11.5 Å². The van der Waals surface area contributed by atoms with Gasteiger partial charge in [0.15, 0.2) is 0 Å². The molecule has 138 valence electrons. The summed E-state index contributed by atoms with van der Waals surface area (Å²) < 4.78 is 11.0. The summed E-state index contributed by atoms with van der Waals surface area (Å²) in [6.07, 6.45) is 1.98. The zero-order valence-electron chi connectivity index (χ0n) is 15.2. The number of benzene rings is 2. The van der Waals surface area contributed by atoms with Gasteiger partial charge >= 0.3 is 0 Å². The summed E-state index contributed by atoms with van der Waals surface area (Å²) >= 11 is 0. The number of hydrogen-bond acceptors (Lipinski definition) is 5. The maximum absolute atomic E-state index is 12.8. The van der Waals surface area contributed by atoms with Gasteiger partial charge in [-0.2, -0.15) is 0 Å². The lowest BCUT2D eigenvalue weighted by atomic mass is 10.0. The van der Waals surface area contributed by atoms with Crippen molar-refractivity contribution in [3.63, 3.8) is 0 Å². The Bertz CT molecular complexity index is 937. The Morgan fingerprint density at radius 1 is 1.15 bits per heavy atom. The predicted molar refractivity (Wildman–Crippen MR) is 100 cm³/mol. The molecule has 1 aromatic heterocycles. The van der Waals surface area contributed by atoms with Crippen LogP contribution in [0.15, 0.2) is 52.9 Å². The number of rotatable bonds is 4. The Hall–Kier alpha value is -3.15. The first-order valence-electron chi connectivity index (χ1n) is 9.04.